The first kappa shape index (κ1) is 20.1. The summed E-state index contributed by atoms with van der Waals surface area (Å²) in [5, 5.41) is 8.76. The van der Waals surface area contributed by atoms with E-state index in [1.54, 1.807) is 43.5 Å². The summed E-state index contributed by atoms with van der Waals surface area (Å²) < 4.78 is 12.1. The SMILES string of the molecule is COCCn1c(C)cc(C(=O)COC(=O)/C=C/c2ccc(C#N)cc2)c1C. The summed E-state index contributed by atoms with van der Waals surface area (Å²) in [7, 11) is 1.63. The third-order valence-corrected chi connectivity index (χ3v) is 4.19. The van der Waals surface area contributed by atoms with E-state index in [1.807, 2.05) is 24.5 Å². The lowest BCUT2D eigenvalue weighted by atomic mass is 10.1. The zero-order chi connectivity index (χ0) is 19.8. The normalized spacial score (nSPS) is 10.7. The van der Waals surface area contributed by atoms with Crippen molar-refractivity contribution in [2.45, 2.75) is 20.4 Å². The highest BCUT2D eigenvalue weighted by atomic mass is 16.5. The molecule has 1 aromatic heterocycles. The summed E-state index contributed by atoms with van der Waals surface area (Å²) in [4.78, 5) is 24.2. The second-order valence-corrected chi connectivity index (χ2v) is 6.03. The van der Waals surface area contributed by atoms with E-state index in [1.165, 1.54) is 6.08 Å². The summed E-state index contributed by atoms with van der Waals surface area (Å²) in [5.74, 6) is -0.840. The first-order valence-corrected chi connectivity index (χ1v) is 8.50. The maximum absolute atomic E-state index is 12.4. The molecule has 1 aromatic carbocycles. The molecule has 0 aliphatic heterocycles. The Bertz CT molecular complexity index is 886. The number of aryl methyl sites for hydroxylation is 1. The Hall–Kier alpha value is -3.17. The number of carbonyl (C=O) groups excluding carboxylic acids is 2. The summed E-state index contributed by atoms with van der Waals surface area (Å²) in [6.07, 6.45) is 2.83. The Labute approximate surface area is 158 Å². The van der Waals surface area contributed by atoms with E-state index in [2.05, 4.69) is 0 Å². The predicted molar refractivity (Wildman–Crippen MR) is 101 cm³/mol. The van der Waals surface area contributed by atoms with Crippen LogP contribution in [0, 0.1) is 25.2 Å². The van der Waals surface area contributed by atoms with Gasteiger partial charge in [0, 0.05) is 36.7 Å². The Morgan fingerprint density at radius 1 is 1.22 bits per heavy atom. The third-order valence-electron chi connectivity index (χ3n) is 4.19. The van der Waals surface area contributed by atoms with Crippen LogP contribution in [0.15, 0.2) is 36.4 Å². The summed E-state index contributed by atoms with van der Waals surface area (Å²) in [6.45, 7) is 4.69. The van der Waals surface area contributed by atoms with Crippen LogP contribution in [-0.4, -0.2) is 36.6 Å². The van der Waals surface area contributed by atoms with E-state index in [9.17, 15) is 9.59 Å². The van der Waals surface area contributed by atoms with Crippen molar-refractivity contribution < 1.29 is 19.1 Å². The second-order valence-electron chi connectivity index (χ2n) is 6.03. The molecule has 0 aliphatic rings. The molecule has 2 rings (SSSR count). The number of ether oxygens (including phenoxy) is 2. The predicted octanol–water partition coefficient (Wildman–Crippen LogP) is 3.06. The van der Waals surface area contributed by atoms with Crippen LogP contribution < -0.4 is 0 Å². The molecular formula is C21H22N2O4. The van der Waals surface area contributed by atoms with Crippen LogP contribution in [-0.2, 0) is 20.8 Å². The standard InChI is InChI=1S/C21H22N2O4/c1-15-12-19(16(2)23(15)10-11-26-3)20(24)14-27-21(25)9-8-17-4-6-18(13-22)7-5-17/h4-9,12H,10-11,14H2,1-3H3/b9-8+. The third kappa shape index (κ3) is 5.40. The largest absolute Gasteiger partial charge is 0.454 e. The summed E-state index contributed by atoms with van der Waals surface area (Å²) in [5.41, 5.74) is 3.65. The van der Waals surface area contributed by atoms with Crippen molar-refractivity contribution in [2.75, 3.05) is 20.3 Å². The van der Waals surface area contributed by atoms with Crippen LogP contribution in [0.2, 0.25) is 0 Å². The first-order valence-electron chi connectivity index (χ1n) is 8.50. The van der Waals surface area contributed by atoms with Crippen molar-refractivity contribution in [2.24, 2.45) is 0 Å². The van der Waals surface area contributed by atoms with Crippen LogP contribution in [0.3, 0.4) is 0 Å². The number of hydrogen-bond acceptors (Lipinski definition) is 5. The second kappa shape index (κ2) is 9.51. The number of benzene rings is 1. The van der Waals surface area contributed by atoms with Gasteiger partial charge in [-0.25, -0.2) is 4.79 Å². The van der Waals surface area contributed by atoms with Gasteiger partial charge < -0.3 is 14.0 Å². The van der Waals surface area contributed by atoms with Gasteiger partial charge in [0.05, 0.1) is 18.2 Å². The molecule has 0 atom stereocenters. The van der Waals surface area contributed by atoms with Crippen LogP contribution in [0.5, 0.6) is 0 Å². The van der Waals surface area contributed by atoms with Gasteiger partial charge in [-0.3, -0.25) is 4.79 Å². The van der Waals surface area contributed by atoms with Gasteiger partial charge in [0.1, 0.15) is 0 Å². The van der Waals surface area contributed by atoms with Gasteiger partial charge in [0.25, 0.3) is 0 Å². The van der Waals surface area contributed by atoms with Gasteiger partial charge in [-0.2, -0.15) is 5.26 Å². The van der Waals surface area contributed by atoms with Gasteiger partial charge in [-0.05, 0) is 43.7 Å². The van der Waals surface area contributed by atoms with Gasteiger partial charge in [0.2, 0.25) is 5.78 Å². The van der Waals surface area contributed by atoms with Crippen molar-refractivity contribution >= 4 is 17.8 Å². The van der Waals surface area contributed by atoms with Crippen LogP contribution in [0.4, 0.5) is 0 Å². The monoisotopic (exact) mass is 366 g/mol. The molecule has 140 valence electrons. The average molecular weight is 366 g/mol. The van der Waals surface area contributed by atoms with E-state index in [4.69, 9.17) is 14.7 Å². The minimum atomic E-state index is -0.596. The first-order chi connectivity index (χ1) is 13.0. The van der Waals surface area contributed by atoms with Crippen molar-refractivity contribution in [3.63, 3.8) is 0 Å². The van der Waals surface area contributed by atoms with Crippen LogP contribution in [0.1, 0.15) is 32.9 Å². The van der Waals surface area contributed by atoms with Crippen LogP contribution in [0.25, 0.3) is 6.08 Å². The number of nitrogens with zero attached hydrogens (tertiary/aromatic N) is 2. The maximum Gasteiger partial charge on any atom is 0.331 e. The molecule has 0 spiro atoms. The number of Topliss-reactive ketones (excluding diaryl/α,β-unsaturated/α-hetero) is 1. The molecule has 6 heteroatoms. The van der Waals surface area contributed by atoms with Gasteiger partial charge >= 0.3 is 5.97 Å². The Morgan fingerprint density at radius 2 is 1.93 bits per heavy atom. The molecule has 0 unspecified atom stereocenters. The van der Waals surface area contributed by atoms with E-state index >= 15 is 0 Å². The molecule has 0 radical (unpaired) electrons. The van der Waals surface area contributed by atoms with Crippen molar-refractivity contribution in [3.8, 4) is 6.07 Å². The number of hydrogen-bond donors (Lipinski definition) is 0. The number of nitriles is 1. The lowest BCUT2D eigenvalue weighted by Crippen LogP contribution is -2.14. The van der Waals surface area contributed by atoms with Gasteiger partial charge in [-0.15, -0.1) is 0 Å². The van der Waals surface area contributed by atoms with Gasteiger partial charge in [0.15, 0.2) is 6.61 Å². The molecule has 0 bridgehead atoms. The van der Waals surface area contributed by atoms with Gasteiger partial charge in [-0.1, -0.05) is 12.1 Å². The topological polar surface area (TPSA) is 81.3 Å². The average Bonchev–Trinajstić information content (AvgIpc) is 2.97. The molecule has 27 heavy (non-hydrogen) atoms. The van der Waals surface area contributed by atoms with Crippen LogP contribution >= 0.6 is 0 Å². The number of rotatable bonds is 8. The highest BCUT2D eigenvalue weighted by Gasteiger charge is 2.16. The quantitative estimate of drug-likeness (QED) is 0.407. The molecule has 6 nitrogen and oxygen atoms in total. The number of ketones is 1. The maximum atomic E-state index is 12.4. The fourth-order valence-electron chi connectivity index (χ4n) is 2.71. The van der Waals surface area contributed by atoms with E-state index < -0.39 is 5.97 Å². The highest BCUT2D eigenvalue weighted by molar-refractivity contribution is 6.00. The van der Waals surface area contributed by atoms with Crippen molar-refractivity contribution in [1.29, 1.82) is 5.26 Å². The molecule has 0 aliphatic carbocycles. The molecule has 0 saturated carbocycles. The Morgan fingerprint density at radius 3 is 2.56 bits per heavy atom. The fraction of sp³-hybridized carbons (Fsp3) is 0.286. The Balaban J connectivity index is 1.93. The fourth-order valence-corrected chi connectivity index (χ4v) is 2.71. The van der Waals surface area contributed by atoms with E-state index in [0.717, 1.165) is 17.0 Å². The molecule has 0 saturated heterocycles. The number of carbonyl (C=O) groups is 2. The lowest BCUT2D eigenvalue weighted by molar-refractivity contribution is -0.136. The lowest BCUT2D eigenvalue weighted by Gasteiger charge is -2.08. The zero-order valence-electron chi connectivity index (χ0n) is 15.7. The minimum Gasteiger partial charge on any atom is -0.454 e. The number of esters is 1. The van der Waals surface area contributed by atoms with E-state index in [0.29, 0.717) is 24.3 Å². The highest BCUT2D eigenvalue weighted by Crippen LogP contribution is 2.16. The molecular weight excluding hydrogens is 344 g/mol. The van der Waals surface area contributed by atoms with E-state index in [-0.39, 0.29) is 12.4 Å². The summed E-state index contributed by atoms with van der Waals surface area (Å²) >= 11 is 0. The zero-order valence-corrected chi connectivity index (χ0v) is 15.7. The molecule has 0 amide bonds. The number of aromatic nitrogens is 1. The molecule has 0 fully saturated rings. The van der Waals surface area contributed by atoms with Crippen molar-refractivity contribution in [1.82, 2.24) is 4.57 Å². The molecule has 0 N–H and O–H groups in total. The van der Waals surface area contributed by atoms with Crippen molar-refractivity contribution in [3.05, 3.63) is 64.5 Å². The summed E-state index contributed by atoms with van der Waals surface area (Å²) in [6, 6.07) is 10.6. The molecule has 1 heterocycles. The minimum absolute atomic E-state index is 0.244. The number of methoxy groups -OCH3 is 1. The molecule has 2 aromatic rings. The Kier molecular flexibility index (Phi) is 7.09. The smallest absolute Gasteiger partial charge is 0.331 e.